The molecule has 1 heterocycles. The summed E-state index contributed by atoms with van der Waals surface area (Å²) in [4.78, 5) is 13.0. The molecule has 3 rings (SSSR count). The lowest BCUT2D eigenvalue weighted by Crippen LogP contribution is -2.33. The van der Waals surface area contributed by atoms with Crippen molar-refractivity contribution in [1.82, 2.24) is 0 Å². The fourth-order valence-electron chi connectivity index (χ4n) is 3.77. The largest absolute Gasteiger partial charge is 0.493 e. The van der Waals surface area contributed by atoms with E-state index in [9.17, 15) is 10.1 Å². The van der Waals surface area contributed by atoms with Crippen molar-refractivity contribution >= 4 is 28.4 Å². The molecular weight excluding hydrogens is 485 g/mol. The quantitative estimate of drug-likeness (QED) is 0.621. The molecule has 0 saturated carbocycles. The molecule has 0 amide bonds. The second-order valence-corrected chi connectivity index (χ2v) is 8.85. The number of allylic oxidation sites excluding steroid dienone is 3. The minimum atomic E-state index is -0.639. The van der Waals surface area contributed by atoms with Crippen LogP contribution in [0, 0.1) is 31.6 Å². The Labute approximate surface area is 182 Å². The van der Waals surface area contributed by atoms with Gasteiger partial charge in [0.05, 0.1) is 16.6 Å². The maximum atomic E-state index is 13.0. The van der Waals surface area contributed by atoms with E-state index >= 15 is 0 Å². The SMILES string of the molecule is COc1cc([C@H]2C(C#N)=C(N)OC3=C2C(=O)CC(C)(C)C3)cc(I)c1OCC#N. The van der Waals surface area contributed by atoms with E-state index in [1.165, 1.54) is 7.11 Å². The fourth-order valence-corrected chi connectivity index (χ4v) is 4.55. The van der Waals surface area contributed by atoms with Crippen LogP contribution < -0.4 is 15.2 Å². The third kappa shape index (κ3) is 3.90. The van der Waals surface area contributed by atoms with E-state index in [0.717, 1.165) is 0 Å². The highest BCUT2D eigenvalue weighted by Crippen LogP contribution is 2.49. The second-order valence-electron chi connectivity index (χ2n) is 7.68. The Morgan fingerprint density at radius 1 is 1.34 bits per heavy atom. The zero-order chi connectivity index (χ0) is 21.3. The van der Waals surface area contributed by atoms with Crippen LogP contribution in [-0.2, 0) is 9.53 Å². The lowest BCUT2D eigenvalue weighted by atomic mass is 9.70. The minimum absolute atomic E-state index is 0.0144. The summed E-state index contributed by atoms with van der Waals surface area (Å²) in [7, 11) is 1.49. The number of hydrogen-bond donors (Lipinski definition) is 1. The average molecular weight is 505 g/mol. The molecule has 7 nitrogen and oxygen atoms in total. The molecule has 0 radical (unpaired) electrons. The van der Waals surface area contributed by atoms with E-state index in [1.807, 2.05) is 26.0 Å². The van der Waals surface area contributed by atoms with Crippen molar-refractivity contribution in [3.8, 4) is 23.6 Å². The summed E-state index contributed by atoms with van der Waals surface area (Å²) in [5, 5.41) is 18.5. The lowest BCUT2D eigenvalue weighted by molar-refractivity contribution is -0.119. The zero-order valence-corrected chi connectivity index (χ0v) is 18.5. The monoisotopic (exact) mass is 505 g/mol. The number of ether oxygens (including phenoxy) is 3. The summed E-state index contributed by atoms with van der Waals surface area (Å²) >= 11 is 2.08. The Morgan fingerprint density at radius 3 is 2.69 bits per heavy atom. The predicted molar refractivity (Wildman–Crippen MR) is 113 cm³/mol. The molecule has 150 valence electrons. The molecule has 0 saturated heterocycles. The van der Waals surface area contributed by atoms with Gasteiger partial charge in [0.2, 0.25) is 5.88 Å². The first-order chi connectivity index (χ1) is 13.7. The second kappa shape index (κ2) is 7.96. The van der Waals surface area contributed by atoms with Crippen LogP contribution in [-0.4, -0.2) is 19.5 Å². The number of Topliss-reactive ketones (excluding diaryl/α,β-unsaturated/α-hetero) is 1. The summed E-state index contributed by atoms with van der Waals surface area (Å²) in [5.41, 5.74) is 7.16. The van der Waals surface area contributed by atoms with Crippen molar-refractivity contribution in [2.24, 2.45) is 11.1 Å². The number of nitrogens with zero attached hydrogens (tertiary/aromatic N) is 2. The molecule has 0 aromatic heterocycles. The molecule has 0 fully saturated rings. The number of halogens is 1. The summed E-state index contributed by atoms with van der Waals surface area (Å²) in [6, 6.07) is 7.57. The van der Waals surface area contributed by atoms with E-state index in [-0.39, 0.29) is 29.3 Å². The van der Waals surface area contributed by atoms with Crippen LogP contribution in [0.4, 0.5) is 0 Å². The van der Waals surface area contributed by atoms with Gasteiger partial charge in [-0.3, -0.25) is 4.79 Å². The number of ketones is 1. The summed E-state index contributed by atoms with van der Waals surface area (Å²) in [6.45, 7) is 3.88. The van der Waals surface area contributed by atoms with Gasteiger partial charge < -0.3 is 19.9 Å². The summed E-state index contributed by atoms with van der Waals surface area (Å²) in [6.07, 6.45) is 0.920. The van der Waals surface area contributed by atoms with E-state index in [2.05, 4.69) is 28.7 Å². The van der Waals surface area contributed by atoms with Gasteiger partial charge in [-0.25, -0.2) is 0 Å². The van der Waals surface area contributed by atoms with Crippen LogP contribution in [0.15, 0.2) is 34.9 Å². The Morgan fingerprint density at radius 2 is 2.07 bits per heavy atom. The van der Waals surface area contributed by atoms with Crippen molar-refractivity contribution in [1.29, 1.82) is 10.5 Å². The number of carbonyl (C=O) groups is 1. The molecule has 0 unspecified atom stereocenters. The van der Waals surface area contributed by atoms with Crippen molar-refractivity contribution in [2.75, 3.05) is 13.7 Å². The van der Waals surface area contributed by atoms with Gasteiger partial charge in [0, 0.05) is 18.4 Å². The van der Waals surface area contributed by atoms with E-state index in [4.69, 9.17) is 25.2 Å². The smallest absolute Gasteiger partial charge is 0.205 e. The number of hydrogen-bond acceptors (Lipinski definition) is 7. The van der Waals surface area contributed by atoms with E-state index < -0.39 is 5.92 Å². The van der Waals surface area contributed by atoms with E-state index in [1.54, 1.807) is 6.07 Å². The molecule has 2 N–H and O–H groups in total. The molecule has 29 heavy (non-hydrogen) atoms. The van der Waals surface area contributed by atoms with E-state index in [0.29, 0.717) is 44.8 Å². The molecule has 0 bridgehead atoms. The highest BCUT2D eigenvalue weighted by atomic mass is 127. The van der Waals surface area contributed by atoms with Crippen LogP contribution in [0.3, 0.4) is 0 Å². The van der Waals surface area contributed by atoms with Crippen LogP contribution in [0.5, 0.6) is 11.5 Å². The zero-order valence-electron chi connectivity index (χ0n) is 16.3. The van der Waals surface area contributed by atoms with Gasteiger partial charge in [0.15, 0.2) is 23.9 Å². The number of methoxy groups -OCH3 is 1. The molecule has 8 heteroatoms. The van der Waals surface area contributed by atoms with Gasteiger partial charge in [0.25, 0.3) is 0 Å². The number of nitrogens with two attached hydrogens (primary N) is 1. The molecule has 1 aliphatic carbocycles. The predicted octanol–water partition coefficient (Wildman–Crippen LogP) is 3.65. The maximum absolute atomic E-state index is 13.0. The first-order valence-corrected chi connectivity index (χ1v) is 10.0. The molecular formula is C21H20IN3O4. The van der Waals surface area contributed by atoms with Crippen LogP contribution in [0.2, 0.25) is 0 Å². The van der Waals surface area contributed by atoms with Gasteiger partial charge in [-0.1, -0.05) is 13.8 Å². The number of carbonyl (C=O) groups excluding carboxylic acids is 1. The molecule has 2 aliphatic rings. The maximum Gasteiger partial charge on any atom is 0.205 e. The average Bonchev–Trinajstić information content (AvgIpc) is 2.64. The van der Waals surface area contributed by atoms with Crippen LogP contribution >= 0.6 is 22.6 Å². The molecule has 0 spiro atoms. The number of benzene rings is 1. The van der Waals surface area contributed by atoms with Gasteiger partial charge in [-0.05, 0) is 45.7 Å². The van der Waals surface area contributed by atoms with Gasteiger partial charge in [-0.2, -0.15) is 10.5 Å². The van der Waals surface area contributed by atoms with Crippen LogP contribution in [0.1, 0.15) is 38.2 Å². The third-order valence-electron chi connectivity index (χ3n) is 4.94. The number of nitriles is 2. The highest BCUT2D eigenvalue weighted by Gasteiger charge is 2.43. The standard InChI is InChI=1S/C21H20IN3O4/c1-21(2)8-14(26)18-16(9-21)29-20(25)12(10-24)17(18)11-6-13(22)19(28-5-4-23)15(7-11)27-3/h6-7,17H,5,8-9,25H2,1-3H3/t17-/m0/s1. The Hall–Kier alpha value is -2.72. The Bertz CT molecular complexity index is 1030. The summed E-state index contributed by atoms with van der Waals surface area (Å²) in [5.74, 6) is 0.689. The first-order valence-electron chi connectivity index (χ1n) is 8.93. The van der Waals surface area contributed by atoms with Crippen molar-refractivity contribution < 1.29 is 19.0 Å². The topological polar surface area (TPSA) is 118 Å². The Kier molecular flexibility index (Phi) is 5.76. The Balaban J connectivity index is 2.19. The van der Waals surface area contributed by atoms with Gasteiger partial charge in [0.1, 0.15) is 23.5 Å². The van der Waals surface area contributed by atoms with Gasteiger partial charge in [-0.15, -0.1) is 0 Å². The molecule has 1 atom stereocenters. The normalized spacial score (nSPS) is 20.3. The fraction of sp³-hybridized carbons (Fsp3) is 0.381. The number of rotatable bonds is 4. The minimum Gasteiger partial charge on any atom is -0.493 e. The van der Waals surface area contributed by atoms with Crippen LogP contribution in [0.25, 0.3) is 0 Å². The molecule has 1 aliphatic heterocycles. The van der Waals surface area contributed by atoms with Crippen molar-refractivity contribution in [3.05, 3.63) is 44.1 Å². The molecule has 1 aromatic carbocycles. The first kappa shape index (κ1) is 21.0. The van der Waals surface area contributed by atoms with Crippen molar-refractivity contribution in [3.63, 3.8) is 0 Å². The van der Waals surface area contributed by atoms with Crippen molar-refractivity contribution in [2.45, 2.75) is 32.6 Å². The third-order valence-corrected chi connectivity index (χ3v) is 5.74. The van der Waals surface area contributed by atoms with Gasteiger partial charge >= 0.3 is 0 Å². The lowest BCUT2D eigenvalue weighted by Gasteiger charge is -2.37. The summed E-state index contributed by atoms with van der Waals surface area (Å²) < 4.78 is 17.3. The molecule has 1 aromatic rings. The highest BCUT2D eigenvalue weighted by molar-refractivity contribution is 14.1.